The monoisotopic (exact) mass is 255 g/mol. The molecular weight excluding hydrogens is 230 g/mol. The zero-order valence-electron chi connectivity index (χ0n) is 11.4. The molecule has 2 heterocycles. The average Bonchev–Trinajstić information content (AvgIpc) is 2.42. The van der Waals surface area contributed by atoms with Gasteiger partial charge in [-0.3, -0.25) is 9.69 Å². The third-order valence-corrected chi connectivity index (χ3v) is 3.84. The highest BCUT2D eigenvalue weighted by atomic mass is 16.5. The van der Waals surface area contributed by atoms with Crippen molar-refractivity contribution in [2.75, 3.05) is 52.5 Å². The Morgan fingerprint density at radius 2 is 2.11 bits per heavy atom. The molecule has 0 bridgehead atoms. The van der Waals surface area contributed by atoms with Crippen LogP contribution in [0.3, 0.4) is 0 Å². The molecule has 18 heavy (non-hydrogen) atoms. The first-order valence-corrected chi connectivity index (χ1v) is 7.07. The number of nitrogens with zero attached hydrogens (tertiary/aromatic N) is 2. The van der Waals surface area contributed by atoms with Gasteiger partial charge >= 0.3 is 0 Å². The lowest BCUT2D eigenvalue weighted by Gasteiger charge is -2.34. The van der Waals surface area contributed by atoms with Crippen LogP contribution < -0.4 is 5.32 Å². The fraction of sp³-hybridized carbons (Fsp3) is 0.923. The Hall–Kier alpha value is -0.650. The van der Waals surface area contributed by atoms with E-state index >= 15 is 0 Å². The summed E-state index contributed by atoms with van der Waals surface area (Å²) < 4.78 is 5.25. The second-order valence-electron chi connectivity index (χ2n) is 5.19. The van der Waals surface area contributed by atoms with Crippen molar-refractivity contribution in [3.63, 3.8) is 0 Å². The number of piperazine rings is 1. The van der Waals surface area contributed by atoms with Crippen LogP contribution in [0.25, 0.3) is 0 Å². The zero-order valence-corrected chi connectivity index (χ0v) is 11.4. The van der Waals surface area contributed by atoms with Crippen molar-refractivity contribution in [1.82, 2.24) is 15.1 Å². The number of nitrogens with one attached hydrogen (secondary N) is 1. The van der Waals surface area contributed by atoms with E-state index in [4.69, 9.17) is 4.74 Å². The fourth-order valence-corrected chi connectivity index (χ4v) is 2.62. The van der Waals surface area contributed by atoms with E-state index < -0.39 is 0 Å². The Kier molecular flexibility index (Phi) is 5.41. The van der Waals surface area contributed by atoms with Crippen LogP contribution in [0.15, 0.2) is 0 Å². The molecule has 0 aromatic carbocycles. The summed E-state index contributed by atoms with van der Waals surface area (Å²) >= 11 is 0. The van der Waals surface area contributed by atoms with Crippen LogP contribution in [-0.2, 0) is 9.53 Å². The molecular formula is C13H25N3O2. The Balaban J connectivity index is 1.63. The average molecular weight is 255 g/mol. The Morgan fingerprint density at radius 1 is 1.33 bits per heavy atom. The van der Waals surface area contributed by atoms with Crippen molar-refractivity contribution >= 4 is 5.91 Å². The van der Waals surface area contributed by atoms with Gasteiger partial charge in [0, 0.05) is 45.2 Å². The van der Waals surface area contributed by atoms with Crippen molar-refractivity contribution < 1.29 is 9.53 Å². The molecule has 0 aromatic heterocycles. The van der Waals surface area contributed by atoms with Crippen LogP contribution in [0.4, 0.5) is 0 Å². The van der Waals surface area contributed by atoms with Crippen molar-refractivity contribution in [1.29, 1.82) is 0 Å². The largest absolute Gasteiger partial charge is 0.378 e. The van der Waals surface area contributed by atoms with Gasteiger partial charge in [0.1, 0.15) is 0 Å². The topological polar surface area (TPSA) is 44.8 Å². The van der Waals surface area contributed by atoms with Gasteiger partial charge in [-0.2, -0.15) is 0 Å². The number of hydrogen-bond acceptors (Lipinski definition) is 4. The van der Waals surface area contributed by atoms with Crippen molar-refractivity contribution in [3.05, 3.63) is 0 Å². The zero-order chi connectivity index (χ0) is 12.8. The maximum absolute atomic E-state index is 12.0. The third-order valence-electron chi connectivity index (χ3n) is 3.84. The Labute approximate surface area is 109 Å². The summed E-state index contributed by atoms with van der Waals surface area (Å²) in [4.78, 5) is 16.4. The molecule has 5 heteroatoms. The standard InChI is InChI=1S/C13H25N3O2/c1-12-11-14-4-6-15(12)5-2-3-13(17)16-7-9-18-10-8-16/h12,14H,2-11H2,1H3/t12-/m1/s1. The molecule has 0 aliphatic carbocycles. The van der Waals surface area contributed by atoms with E-state index in [-0.39, 0.29) is 0 Å². The predicted molar refractivity (Wildman–Crippen MR) is 70.5 cm³/mol. The van der Waals surface area contributed by atoms with E-state index in [2.05, 4.69) is 17.1 Å². The SMILES string of the molecule is C[C@@H]1CNCCN1CCCC(=O)N1CCOCC1. The molecule has 2 aliphatic rings. The quantitative estimate of drug-likeness (QED) is 0.763. The molecule has 0 unspecified atom stereocenters. The number of morpholine rings is 1. The fourth-order valence-electron chi connectivity index (χ4n) is 2.62. The molecule has 1 N–H and O–H groups in total. The highest BCUT2D eigenvalue weighted by Crippen LogP contribution is 2.07. The van der Waals surface area contributed by atoms with Crippen LogP contribution in [0.2, 0.25) is 0 Å². The van der Waals surface area contributed by atoms with Crippen molar-refractivity contribution in [3.8, 4) is 0 Å². The molecule has 2 rings (SSSR count). The van der Waals surface area contributed by atoms with Gasteiger partial charge in [0.15, 0.2) is 0 Å². The maximum atomic E-state index is 12.0. The molecule has 0 aromatic rings. The lowest BCUT2D eigenvalue weighted by atomic mass is 10.2. The highest BCUT2D eigenvalue weighted by Gasteiger charge is 2.19. The van der Waals surface area contributed by atoms with Gasteiger partial charge in [-0.25, -0.2) is 0 Å². The minimum Gasteiger partial charge on any atom is -0.378 e. The van der Waals surface area contributed by atoms with Crippen LogP contribution in [0, 0.1) is 0 Å². The smallest absolute Gasteiger partial charge is 0.222 e. The minimum absolute atomic E-state index is 0.293. The molecule has 0 radical (unpaired) electrons. The first-order valence-electron chi connectivity index (χ1n) is 7.07. The van der Waals surface area contributed by atoms with Crippen molar-refractivity contribution in [2.24, 2.45) is 0 Å². The number of ether oxygens (including phenoxy) is 1. The minimum atomic E-state index is 0.293. The number of carbonyl (C=O) groups is 1. The molecule has 5 nitrogen and oxygen atoms in total. The van der Waals surface area contributed by atoms with Gasteiger partial charge in [0.25, 0.3) is 0 Å². The first kappa shape index (κ1) is 13.8. The number of carbonyl (C=O) groups excluding carboxylic acids is 1. The molecule has 1 atom stereocenters. The van der Waals surface area contributed by atoms with Crippen LogP contribution >= 0.6 is 0 Å². The summed E-state index contributed by atoms with van der Waals surface area (Å²) in [6.45, 7) is 9.45. The van der Waals surface area contributed by atoms with E-state index in [1.54, 1.807) is 0 Å². The van der Waals surface area contributed by atoms with E-state index in [0.29, 0.717) is 31.6 Å². The lowest BCUT2D eigenvalue weighted by molar-refractivity contribution is -0.135. The van der Waals surface area contributed by atoms with Gasteiger partial charge in [-0.15, -0.1) is 0 Å². The molecule has 0 spiro atoms. The predicted octanol–water partition coefficient (Wildman–Crippen LogP) is -0.0809. The van der Waals surface area contributed by atoms with Gasteiger partial charge in [0.2, 0.25) is 5.91 Å². The summed E-state index contributed by atoms with van der Waals surface area (Å²) in [5, 5.41) is 3.38. The summed E-state index contributed by atoms with van der Waals surface area (Å²) in [5.41, 5.74) is 0. The molecule has 2 fully saturated rings. The number of amides is 1. The number of hydrogen-bond donors (Lipinski definition) is 1. The van der Waals surface area contributed by atoms with E-state index in [0.717, 1.165) is 45.7 Å². The van der Waals surface area contributed by atoms with E-state index in [1.165, 1.54) is 0 Å². The normalized spacial score (nSPS) is 26.3. The maximum Gasteiger partial charge on any atom is 0.222 e. The molecule has 1 amide bonds. The first-order chi connectivity index (χ1) is 8.77. The molecule has 2 aliphatic heterocycles. The number of rotatable bonds is 4. The third kappa shape index (κ3) is 3.93. The molecule has 0 saturated carbocycles. The van der Waals surface area contributed by atoms with Gasteiger partial charge in [-0.05, 0) is 19.9 Å². The van der Waals surface area contributed by atoms with Crippen LogP contribution in [0.1, 0.15) is 19.8 Å². The summed E-state index contributed by atoms with van der Waals surface area (Å²) in [6.07, 6.45) is 1.65. The van der Waals surface area contributed by atoms with Gasteiger partial charge < -0.3 is 15.0 Å². The van der Waals surface area contributed by atoms with E-state index in [9.17, 15) is 4.79 Å². The second kappa shape index (κ2) is 7.07. The Morgan fingerprint density at radius 3 is 2.83 bits per heavy atom. The van der Waals surface area contributed by atoms with E-state index in [1.807, 2.05) is 4.90 Å². The van der Waals surface area contributed by atoms with Crippen LogP contribution in [-0.4, -0.2) is 74.2 Å². The van der Waals surface area contributed by atoms with Crippen molar-refractivity contribution in [2.45, 2.75) is 25.8 Å². The van der Waals surface area contributed by atoms with Gasteiger partial charge in [-0.1, -0.05) is 0 Å². The summed E-state index contributed by atoms with van der Waals surface area (Å²) in [5.74, 6) is 0.293. The summed E-state index contributed by atoms with van der Waals surface area (Å²) in [7, 11) is 0. The molecule has 104 valence electrons. The molecule has 2 saturated heterocycles. The van der Waals surface area contributed by atoms with Crippen LogP contribution in [0.5, 0.6) is 0 Å². The Bertz CT molecular complexity index is 267. The second-order valence-corrected chi connectivity index (χ2v) is 5.19. The lowest BCUT2D eigenvalue weighted by Crippen LogP contribution is -2.50. The summed E-state index contributed by atoms with van der Waals surface area (Å²) in [6, 6.07) is 0.595. The highest BCUT2D eigenvalue weighted by molar-refractivity contribution is 5.76. The van der Waals surface area contributed by atoms with Gasteiger partial charge in [0.05, 0.1) is 13.2 Å².